The first-order chi connectivity index (χ1) is 9.66. The van der Waals surface area contributed by atoms with Crippen LogP contribution in [-0.2, 0) is 10.3 Å². The van der Waals surface area contributed by atoms with Crippen LogP contribution in [0.4, 0.5) is 0 Å². The fourth-order valence-corrected chi connectivity index (χ4v) is 2.02. The lowest BCUT2D eigenvalue weighted by Crippen LogP contribution is -2.50. The lowest BCUT2D eigenvalue weighted by Gasteiger charge is -2.25. The van der Waals surface area contributed by atoms with Crippen molar-refractivity contribution in [1.82, 2.24) is 9.55 Å². The van der Waals surface area contributed by atoms with Gasteiger partial charge >= 0.3 is 17.1 Å². The first kappa shape index (κ1) is 14.5. The van der Waals surface area contributed by atoms with Gasteiger partial charge in [0.25, 0.3) is 0 Å². The van der Waals surface area contributed by atoms with Gasteiger partial charge in [-0.05, 0) is 32.0 Å². The Hall–Kier alpha value is -2.90. The number of carboxylic acid groups (broad SMARTS) is 1. The molecule has 2 aromatic rings. The van der Waals surface area contributed by atoms with E-state index >= 15 is 0 Å². The number of carbonyl (C=O) groups is 2. The smallest absolute Gasteiger partial charge is 0.335 e. The van der Waals surface area contributed by atoms with Gasteiger partial charge in [0.1, 0.15) is 5.54 Å². The van der Waals surface area contributed by atoms with Crippen LogP contribution in [0.3, 0.4) is 0 Å². The molecule has 21 heavy (non-hydrogen) atoms. The SMILES string of the molecule is CC(C)(C(N)=O)n1c(=O)c(=O)[nH]c2cc(C(=O)O)ccc21. The van der Waals surface area contributed by atoms with Crippen molar-refractivity contribution in [2.45, 2.75) is 19.4 Å². The Morgan fingerprint density at radius 1 is 1.29 bits per heavy atom. The Balaban J connectivity index is 2.97. The van der Waals surface area contributed by atoms with E-state index in [0.717, 1.165) is 4.57 Å². The zero-order chi connectivity index (χ0) is 15.9. The number of H-pyrrole nitrogens is 1. The van der Waals surface area contributed by atoms with E-state index in [4.69, 9.17) is 10.8 Å². The number of carbonyl (C=O) groups excluding carboxylic acids is 1. The molecule has 1 aromatic carbocycles. The number of aromatic amines is 1. The number of benzene rings is 1. The van der Waals surface area contributed by atoms with Crippen molar-refractivity contribution in [3.05, 3.63) is 44.5 Å². The molecule has 0 unspecified atom stereocenters. The molecule has 1 aromatic heterocycles. The standard InChI is InChI=1S/C13H13N3O5/c1-13(2,12(14)21)16-8-4-3-6(11(19)20)5-7(8)15-9(17)10(16)18/h3-5H,1-2H3,(H2,14,21)(H,15,17)(H,19,20). The minimum atomic E-state index is -1.44. The second-order valence-electron chi connectivity index (χ2n) is 5.06. The van der Waals surface area contributed by atoms with Crippen molar-refractivity contribution < 1.29 is 14.7 Å². The van der Waals surface area contributed by atoms with E-state index in [1.807, 2.05) is 0 Å². The number of hydrogen-bond acceptors (Lipinski definition) is 4. The zero-order valence-electron chi connectivity index (χ0n) is 11.3. The number of nitrogens with two attached hydrogens (primary N) is 1. The molecule has 1 heterocycles. The van der Waals surface area contributed by atoms with Crippen LogP contribution in [-0.4, -0.2) is 26.5 Å². The van der Waals surface area contributed by atoms with E-state index in [1.54, 1.807) is 0 Å². The predicted octanol–water partition coefficient (Wildman–Crippen LogP) is -0.392. The highest BCUT2D eigenvalue weighted by Crippen LogP contribution is 2.19. The highest BCUT2D eigenvalue weighted by molar-refractivity contribution is 5.93. The Morgan fingerprint density at radius 3 is 2.43 bits per heavy atom. The summed E-state index contributed by atoms with van der Waals surface area (Å²) in [4.78, 5) is 48.6. The molecule has 8 heteroatoms. The molecule has 0 spiro atoms. The number of nitrogens with one attached hydrogen (secondary N) is 1. The lowest BCUT2D eigenvalue weighted by atomic mass is 10.0. The van der Waals surface area contributed by atoms with Gasteiger partial charge in [0.2, 0.25) is 5.91 Å². The Labute approximate surface area is 117 Å². The number of carboxylic acids is 1. The summed E-state index contributed by atoms with van der Waals surface area (Å²) in [6, 6.07) is 3.84. The van der Waals surface area contributed by atoms with Crippen LogP contribution in [0, 0.1) is 0 Å². The van der Waals surface area contributed by atoms with Crippen LogP contribution in [0.15, 0.2) is 27.8 Å². The summed E-state index contributed by atoms with van der Waals surface area (Å²) in [6.07, 6.45) is 0. The molecule has 0 aliphatic rings. The fourth-order valence-electron chi connectivity index (χ4n) is 2.02. The van der Waals surface area contributed by atoms with Gasteiger partial charge in [-0.2, -0.15) is 0 Å². The summed E-state index contributed by atoms with van der Waals surface area (Å²) in [5, 5.41) is 8.95. The number of primary amides is 1. The lowest BCUT2D eigenvalue weighted by molar-refractivity contribution is -0.125. The van der Waals surface area contributed by atoms with Gasteiger partial charge in [-0.1, -0.05) is 0 Å². The third-order valence-electron chi connectivity index (χ3n) is 3.29. The Kier molecular flexibility index (Phi) is 3.17. The van der Waals surface area contributed by atoms with Crippen molar-refractivity contribution in [1.29, 1.82) is 0 Å². The zero-order valence-corrected chi connectivity index (χ0v) is 11.3. The van der Waals surface area contributed by atoms with Gasteiger partial charge in [-0.25, -0.2) is 4.79 Å². The van der Waals surface area contributed by atoms with E-state index in [9.17, 15) is 19.2 Å². The molecule has 0 aliphatic heterocycles. The molecule has 0 saturated carbocycles. The average Bonchev–Trinajstić information content (AvgIpc) is 2.38. The summed E-state index contributed by atoms with van der Waals surface area (Å²) >= 11 is 0. The van der Waals surface area contributed by atoms with Crippen LogP contribution in [0.1, 0.15) is 24.2 Å². The Morgan fingerprint density at radius 2 is 1.90 bits per heavy atom. The molecule has 2 rings (SSSR count). The second kappa shape index (κ2) is 4.58. The van der Waals surface area contributed by atoms with Crippen molar-refractivity contribution >= 4 is 22.9 Å². The monoisotopic (exact) mass is 291 g/mol. The summed E-state index contributed by atoms with van der Waals surface area (Å²) in [5.74, 6) is -1.97. The average molecular weight is 291 g/mol. The van der Waals surface area contributed by atoms with Gasteiger partial charge in [0.05, 0.1) is 16.6 Å². The molecule has 0 radical (unpaired) electrons. The maximum Gasteiger partial charge on any atom is 0.335 e. The van der Waals surface area contributed by atoms with Gasteiger partial charge in [0, 0.05) is 0 Å². The van der Waals surface area contributed by atoms with Gasteiger partial charge in [-0.15, -0.1) is 0 Å². The molecule has 0 aliphatic carbocycles. The highest BCUT2D eigenvalue weighted by atomic mass is 16.4. The van der Waals surface area contributed by atoms with Crippen molar-refractivity contribution in [3.63, 3.8) is 0 Å². The third-order valence-corrected chi connectivity index (χ3v) is 3.29. The number of fused-ring (bicyclic) bond motifs is 1. The quantitative estimate of drug-likeness (QED) is 0.662. The number of hydrogen-bond donors (Lipinski definition) is 3. The molecule has 0 atom stereocenters. The molecular weight excluding hydrogens is 278 g/mol. The van der Waals surface area contributed by atoms with Crippen molar-refractivity contribution in [2.24, 2.45) is 5.73 Å². The van der Waals surface area contributed by atoms with Crippen molar-refractivity contribution in [3.8, 4) is 0 Å². The first-order valence-electron chi connectivity index (χ1n) is 5.99. The number of aromatic carboxylic acids is 1. The molecule has 0 bridgehead atoms. The molecule has 0 fully saturated rings. The summed E-state index contributed by atoms with van der Waals surface area (Å²) in [6.45, 7) is 2.81. The largest absolute Gasteiger partial charge is 0.478 e. The molecular formula is C13H13N3O5. The van der Waals surface area contributed by atoms with E-state index < -0.39 is 28.5 Å². The van der Waals surface area contributed by atoms with Crippen LogP contribution >= 0.6 is 0 Å². The van der Waals surface area contributed by atoms with E-state index in [0.29, 0.717) is 0 Å². The predicted molar refractivity (Wildman–Crippen MR) is 74.3 cm³/mol. The minimum Gasteiger partial charge on any atom is -0.478 e. The van der Waals surface area contributed by atoms with Gasteiger partial charge in [0.15, 0.2) is 0 Å². The van der Waals surface area contributed by atoms with Crippen LogP contribution in [0.2, 0.25) is 0 Å². The number of aromatic nitrogens is 2. The molecule has 8 nitrogen and oxygen atoms in total. The minimum absolute atomic E-state index is 0.0553. The summed E-state index contributed by atoms with van der Waals surface area (Å²) in [7, 11) is 0. The van der Waals surface area contributed by atoms with Gasteiger partial charge in [-0.3, -0.25) is 19.0 Å². The number of amides is 1. The Bertz CT molecular complexity index is 875. The maximum absolute atomic E-state index is 12.0. The van der Waals surface area contributed by atoms with Crippen LogP contribution in [0.5, 0.6) is 0 Å². The molecule has 1 amide bonds. The van der Waals surface area contributed by atoms with Crippen molar-refractivity contribution in [2.75, 3.05) is 0 Å². The summed E-state index contributed by atoms with van der Waals surface area (Å²) in [5.41, 5.74) is 2.25. The molecule has 110 valence electrons. The van der Waals surface area contributed by atoms with Crippen LogP contribution < -0.4 is 16.9 Å². The van der Waals surface area contributed by atoms with E-state index in [2.05, 4.69) is 4.98 Å². The third kappa shape index (κ3) is 2.20. The normalized spacial score (nSPS) is 11.5. The fraction of sp³-hybridized carbons (Fsp3) is 0.231. The second-order valence-corrected chi connectivity index (χ2v) is 5.06. The van der Waals surface area contributed by atoms with Crippen LogP contribution in [0.25, 0.3) is 11.0 Å². The number of rotatable bonds is 3. The summed E-state index contributed by atoms with van der Waals surface area (Å²) < 4.78 is 0.967. The topological polar surface area (TPSA) is 135 Å². The van der Waals surface area contributed by atoms with Gasteiger partial charge < -0.3 is 15.8 Å². The maximum atomic E-state index is 12.0. The highest BCUT2D eigenvalue weighted by Gasteiger charge is 2.30. The number of nitrogens with zero attached hydrogens (tertiary/aromatic N) is 1. The van der Waals surface area contributed by atoms with E-state index in [1.165, 1.54) is 32.0 Å². The molecule has 0 saturated heterocycles. The van der Waals surface area contributed by atoms with E-state index in [-0.39, 0.29) is 16.6 Å². The first-order valence-corrected chi connectivity index (χ1v) is 5.99. The molecule has 4 N–H and O–H groups in total.